The van der Waals surface area contributed by atoms with Gasteiger partial charge in [-0.2, -0.15) is 0 Å². The van der Waals surface area contributed by atoms with Gasteiger partial charge in [-0.3, -0.25) is 19.5 Å². The van der Waals surface area contributed by atoms with Gasteiger partial charge in [0.1, 0.15) is 5.82 Å². The van der Waals surface area contributed by atoms with Gasteiger partial charge in [0.2, 0.25) is 11.8 Å². The van der Waals surface area contributed by atoms with Crippen LogP contribution in [0.4, 0.5) is 4.39 Å². The summed E-state index contributed by atoms with van der Waals surface area (Å²) in [5.41, 5.74) is 0.237. The molecule has 0 radical (unpaired) electrons. The Balaban J connectivity index is 1.24. The Morgan fingerprint density at radius 2 is 1.77 bits per heavy atom. The topological polar surface area (TPSA) is 73.8 Å². The molecule has 1 saturated carbocycles. The predicted molar refractivity (Wildman–Crippen MR) is 118 cm³/mol. The summed E-state index contributed by atoms with van der Waals surface area (Å²) in [6.07, 6.45) is 5.82. The number of allylic oxidation sites excluding steroid dienone is 2. The fourth-order valence-electron chi connectivity index (χ4n) is 5.26. The number of benzene rings is 1. The van der Waals surface area contributed by atoms with Gasteiger partial charge in [0.15, 0.2) is 5.96 Å². The fourth-order valence-corrected chi connectivity index (χ4v) is 5.26. The zero-order chi connectivity index (χ0) is 22.2. The summed E-state index contributed by atoms with van der Waals surface area (Å²) < 4.78 is 14.2. The Bertz CT molecular complexity index is 896. The van der Waals surface area contributed by atoms with E-state index in [1.54, 1.807) is 19.2 Å². The summed E-state index contributed by atoms with van der Waals surface area (Å²) in [4.78, 5) is 31.1. The van der Waals surface area contributed by atoms with Gasteiger partial charge in [0, 0.05) is 32.1 Å². The second kappa shape index (κ2) is 8.44. The maximum atomic E-state index is 14.2. The third kappa shape index (κ3) is 3.98. The van der Waals surface area contributed by atoms with Crippen LogP contribution in [0.1, 0.15) is 32.3 Å². The number of carbonyl (C=O) groups excluding carboxylic acids is 2. The zero-order valence-electron chi connectivity index (χ0n) is 18.4. The number of likely N-dealkylation sites (tertiary alicyclic amines) is 1. The monoisotopic (exact) mass is 426 g/mol. The normalized spacial score (nSPS) is 27.2. The molecule has 31 heavy (non-hydrogen) atoms. The number of rotatable bonds is 7. The Kier molecular flexibility index (Phi) is 5.86. The van der Waals surface area contributed by atoms with E-state index in [-0.39, 0.29) is 41.3 Å². The van der Waals surface area contributed by atoms with Crippen LogP contribution >= 0.6 is 0 Å². The Morgan fingerprint density at radius 1 is 1.13 bits per heavy atom. The molecule has 3 aliphatic rings. The first-order valence-electron chi connectivity index (χ1n) is 11.1. The second-order valence-corrected chi connectivity index (χ2v) is 9.40. The lowest BCUT2D eigenvalue weighted by Gasteiger charge is -2.27. The van der Waals surface area contributed by atoms with Crippen LogP contribution in [0.2, 0.25) is 0 Å². The van der Waals surface area contributed by atoms with Crippen LogP contribution in [-0.4, -0.2) is 49.4 Å². The van der Waals surface area contributed by atoms with E-state index in [0.717, 1.165) is 6.42 Å². The number of hydrogen-bond donors (Lipinski definition) is 2. The maximum absolute atomic E-state index is 14.2. The first-order chi connectivity index (χ1) is 14.8. The Labute approximate surface area is 183 Å². The quantitative estimate of drug-likeness (QED) is 0.231. The summed E-state index contributed by atoms with van der Waals surface area (Å²) in [7, 11) is 1.68. The van der Waals surface area contributed by atoms with Gasteiger partial charge in [-0.05, 0) is 36.3 Å². The minimum absolute atomic E-state index is 0.000921. The van der Waals surface area contributed by atoms with Crippen LogP contribution in [0.3, 0.4) is 0 Å². The zero-order valence-corrected chi connectivity index (χ0v) is 18.4. The van der Waals surface area contributed by atoms with Crippen molar-refractivity contribution >= 4 is 17.8 Å². The van der Waals surface area contributed by atoms with Crippen LogP contribution in [-0.2, 0) is 15.0 Å². The number of carbonyl (C=O) groups is 2. The fraction of sp³-hybridized carbons (Fsp3) is 0.542. The number of aliphatic imine (C=N–C) groups is 1. The van der Waals surface area contributed by atoms with Crippen LogP contribution in [0.15, 0.2) is 41.4 Å². The van der Waals surface area contributed by atoms with E-state index >= 15 is 0 Å². The molecule has 2 aliphatic carbocycles. The largest absolute Gasteiger partial charge is 0.356 e. The van der Waals surface area contributed by atoms with Crippen LogP contribution in [0.5, 0.6) is 0 Å². The van der Waals surface area contributed by atoms with Gasteiger partial charge in [-0.25, -0.2) is 4.39 Å². The molecule has 4 rings (SSSR count). The van der Waals surface area contributed by atoms with Gasteiger partial charge in [0.05, 0.1) is 11.8 Å². The average Bonchev–Trinajstić information content (AvgIpc) is 3.42. The minimum Gasteiger partial charge on any atom is -0.356 e. The molecule has 4 unspecified atom stereocenters. The molecule has 1 saturated heterocycles. The van der Waals surface area contributed by atoms with Gasteiger partial charge < -0.3 is 10.6 Å². The maximum Gasteiger partial charge on any atom is 0.233 e. The molecule has 2 amide bonds. The third-order valence-corrected chi connectivity index (χ3v) is 6.94. The number of halogens is 1. The van der Waals surface area contributed by atoms with Crippen LogP contribution in [0, 0.1) is 29.5 Å². The van der Waals surface area contributed by atoms with Crippen molar-refractivity contribution in [2.45, 2.75) is 32.1 Å². The smallest absolute Gasteiger partial charge is 0.233 e. The van der Waals surface area contributed by atoms with Gasteiger partial charge in [0.25, 0.3) is 0 Å². The molecule has 0 aromatic heterocycles. The molecule has 7 heteroatoms. The van der Waals surface area contributed by atoms with Gasteiger partial charge >= 0.3 is 0 Å². The van der Waals surface area contributed by atoms with E-state index < -0.39 is 5.41 Å². The highest BCUT2D eigenvalue weighted by Crippen LogP contribution is 2.52. The SMILES string of the molecule is CN=C(NCCCN1C(=O)C2C3C=CC(C3)C2C1=O)NCC(C)(C)c1ccccc1F. The molecule has 2 fully saturated rings. The van der Waals surface area contributed by atoms with E-state index in [9.17, 15) is 14.0 Å². The number of amides is 2. The third-order valence-electron chi connectivity index (χ3n) is 6.94. The highest BCUT2D eigenvalue weighted by Gasteiger charge is 2.58. The average molecular weight is 427 g/mol. The number of fused-ring (bicyclic) bond motifs is 5. The van der Waals surface area contributed by atoms with E-state index in [2.05, 4.69) is 27.8 Å². The molecule has 4 atom stereocenters. The van der Waals surface area contributed by atoms with Crippen molar-refractivity contribution in [1.29, 1.82) is 0 Å². The summed E-state index contributed by atoms with van der Waals surface area (Å²) in [6, 6.07) is 6.80. The van der Waals surface area contributed by atoms with E-state index in [1.807, 2.05) is 19.9 Å². The number of imide groups is 1. The lowest BCUT2D eigenvalue weighted by atomic mass is 9.84. The molecular weight excluding hydrogens is 395 g/mol. The van der Waals surface area contributed by atoms with Crippen molar-refractivity contribution in [2.75, 3.05) is 26.7 Å². The summed E-state index contributed by atoms with van der Waals surface area (Å²) in [6.45, 7) is 5.48. The summed E-state index contributed by atoms with van der Waals surface area (Å²) in [5.74, 6) is 0.622. The summed E-state index contributed by atoms with van der Waals surface area (Å²) in [5, 5.41) is 6.48. The van der Waals surface area contributed by atoms with E-state index in [1.165, 1.54) is 11.0 Å². The first-order valence-corrected chi connectivity index (χ1v) is 11.1. The number of guanidine groups is 1. The van der Waals surface area contributed by atoms with Crippen molar-refractivity contribution < 1.29 is 14.0 Å². The number of hydrogen-bond acceptors (Lipinski definition) is 3. The highest BCUT2D eigenvalue weighted by molar-refractivity contribution is 6.06. The van der Waals surface area contributed by atoms with Crippen molar-refractivity contribution in [3.05, 3.63) is 47.8 Å². The van der Waals surface area contributed by atoms with Crippen LogP contribution in [0.25, 0.3) is 0 Å². The van der Waals surface area contributed by atoms with Crippen molar-refractivity contribution in [1.82, 2.24) is 15.5 Å². The molecule has 2 N–H and O–H groups in total. The van der Waals surface area contributed by atoms with Crippen molar-refractivity contribution in [2.24, 2.45) is 28.7 Å². The lowest BCUT2D eigenvalue weighted by Crippen LogP contribution is -2.44. The molecule has 6 nitrogen and oxygen atoms in total. The van der Waals surface area contributed by atoms with Crippen LogP contribution < -0.4 is 10.6 Å². The van der Waals surface area contributed by atoms with Crippen molar-refractivity contribution in [3.8, 4) is 0 Å². The Morgan fingerprint density at radius 3 is 2.39 bits per heavy atom. The molecule has 2 bridgehead atoms. The van der Waals surface area contributed by atoms with E-state index in [4.69, 9.17) is 0 Å². The lowest BCUT2D eigenvalue weighted by molar-refractivity contribution is -0.140. The van der Waals surface area contributed by atoms with Crippen molar-refractivity contribution in [3.63, 3.8) is 0 Å². The first kappa shape index (κ1) is 21.5. The Hall–Kier alpha value is -2.70. The molecule has 1 heterocycles. The molecule has 1 aliphatic heterocycles. The molecule has 1 aromatic carbocycles. The molecule has 166 valence electrons. The predicted octanol–water partition coefficient (Wildman–Crippen LogP) is 2.47. The van der Waals surface area contributed by atoms with Gasteiger partial charge in [-0.1, -0.05) is 44.2 Å². The minimum atomic E-state index is -0.414. The molecule has 1 aromatic rings. The number of nitrogens with one attached hydrogen (secondary N) is 2. The second-order valence-electron chi connectivity index (χ2n) is 9.40. The molecule has 0 spiro atoms. The summed E-state index contributed by atoms with van der Waals surface area (Å²) >= 11 is 0. The van der Waals surface area contributed by atoms with E-state index in [0.29, 0.717) is 37.6 Å². The van der Waals surface area contributed by atoms with Gasteiger partial charge in [-0.15, -0.1) is 0 Å². The highest BCUT2D eigenvalue weighted by atomic mass is 19.1. The molecular formula is C24H31FN4O2. The standard InChI is InChI=1S/C24H31FN4O2/c1-24(2,17-7-4-5-8-18(17)25)14-28-23(26-3)27-11-6-12-29-21(30)19-15-9-10-16(13-15)20(19)22(29)31/h4-5,7-10,15-16,19-20H,6,11-14H2,1-3H3,(H2,26,27,28). The number of nitrogens with zero attached hydrogens (tertiary/aromatic N) is 2.